The largest absolute Gasteiger partial charge is 0.444 e. The number of carbonyl (C=O) groups excluding carboxylic acids is 1. The fourth-order valence-electron chi connectivity index (χ4n) is 3.53. The van der Waals surface area contributed by atoms with Crippen LogP contribution in [-0.2, 0) is 11.3 Å². The summed E-state index contributed by atoms with van der Waals surface area (Å²) in [7, 11) is 0. The molecule has 3 rings (SSSR count). The molecule has 1 fully saturated rings. The van der Waals surface area contributed by atoms with E-state index < -0.39 is 5.60 Å². The van der Waals surface area contributed by atoms with Crippen molar-refractivity contribution in [2.45, 2.75) is 64.6 Å². The first kappa shape index (κ1) is 18.2. The van der Waals surface area contributed by atoms with E-state index in [2.05, 4.69) is 40.2 Å². The number of ether oxygens (including phenoxy) is 1. The average molecular weight is 404 g/mol. The van der Waals surface area contributed by atoms with Gasteiger partial charge in [-0.15, -0.1) is 0 Å². The zero-order chi connectivity index (χ0) is 18.0. The van der Waals surface area contributed by atoms with E-state index in [9.17, 15) is 4.79 Å². The lowest BCUT2D eigenvalue weighted by Gasteiger charge is -2.32. The molecule has 0 aliphatic heterocycles. The Morgan fingerprint density at radius 1 is 1.12 bits per heavy atom. The minimum atomic E-state index is -0.476. The SMILES string of the molecule is CC(C)(C)OC(=O)N(Cc1ccc(Br)c2ccccc12)C1CCCC1. The van der Waals surface area contributed by atoms with Crippen molar-refractivity contribution in [3.8, 4) is 0 Å². The van der Waals surface area contributed by atoms with Crippen LogP contribution in [0.2, 0.25) is 0 Å². The third kappa shape index (κ3) is 4.35. The third-order valence-electron chi connectivity index (χ3n) is 4.70. The maximum atomic E-state index is 12.8. The van der Waals surface area contributed by atoms with E-state index in [1.807, 2.05) is 37.8 Å². The van der Waals surface area contributed by atoms with Crippen LogP contribution >= 0.6 is 15.9 Å². The van der Waals surface area contributed by atoms with Crippen LogP contribution in [0.4, 0.5) is 4.79 Å². The Morgan fingerprint density at radius 2 is 1.76 bits per heavy atom. The molecule has 1 amide bonds. The Labute approximate surface area is 158 Å². The predicted molar refractivity (Wildman–Crippen MR) is 106 cm³/mol. The molecule has 2 aromatic carbocycles. The molecule has 134 valence electrons. The normalized spacial score (nSPS) is 15.5. The molecule has 0 N–H and O–H groups in total. The van der Waals surface area contributed by atoms with Gasteiger partial charge in [-0.3, -0.25) is 0 Å². The van der Waals surface area contributed by atoms with Crippen LogP contribution in [0.3, 0.4) is 0 Å². The minimum Gasteiger partial charge on any atom is -0.444 e. The number of benzene rings is 2. The summed E-state index contributed by atoms with van der Waals surface area (Å²) in [5, 5.41) is 2.36. The number of amides is 1. The molecule has 3 nitrogen and oxygen atoms in total. The van der Waals surface area contributed by atoms with E-state index >= 15 is 0 Å². The van der Waals surface area contributed by atoms with Gasteiger partial charge in [0, 0.05) is 17.1 Å². The number of halogens is 1. The van der Waals surface area contributed by atoms with Crippen molar-refractivity contribution in [2.75, 3.05) is 0 Å². The Balaban J connectivity index is 1.93. The van der Waals surface area contributed by atoms with Crippen LogP contribution in [-0.4, -0.2) is 22.6 Å². The Morgan fingerprint density at radius 3 is 2.40 bits per heavy atom. The molecule has 0 heterocycles. The van der Waals surface area contributed by atoms with E-state index in [0.717, 1.165) is 22.9 Å². The molecule has 4 heteroatoms. The maximum Gasteiger partial charge on any atom is 0.410 e. The van der Waals surface area contributed by atoms with Gasteiger partial charge in [0.05, 0.1) is 0 Å². The summed E-state index contributed by atoms with van der Waals surface area (Å²) >= 11 is 3.63. The molecule has 0 aromatic heterocycles. The van der Waals surface area contributed by atoms with Crippen LogP contribution in [0.15, 0.2) is 40.9 Å². The first-order chi connectivity index (χ1) is 11.8. The van der Waals surface area contributed by atoms with Gasteiger partial charge in [0.25, 0.3) is 0 Å². The molecule has 0 bridgehead atoms. The highest BCUT2D eigenvalue weighted by atomic mass is 79.9. The summed E-state index contributed by atoms with van der Waals surface area (Å²) < 4.78 is 6.78. The highest BCUT2D eigenvalue weighted by Gasteiger charge is 2.30. The van der Waals surface area contributed by atoms with E-state index in [4.69, 9.17) is 4.74 Å². The number of rotatable bonds is 3. The number of carbonyl (C=O) groups is 1. The second kappa shape index (κ2) is 7.36. The zero-order valence-electron chi connectivity index (χ0n) is 15.2. The maximum absolute atomic E-state index is 12.8. The molecule has 25 heavy (non-hydrogen) atoms. The molecular formula is C21H26BrNO2. The van der Waals surface area contributed by atoms with Gasteiger partial charge in [-0.1, -0.05) is 59.1 Å². The van der Waals surface area contributed by atoms with Gasteiger partial charge in [-0.2, -0.15) is 0 Å². The van der Waals surface area contributed by atoms with Crippen LogP contribution in [0, 0.1) is 0 Å². The van der Waals surface area contributed by atoms with Gasteiger partial charge in [0.1, 0.15) is 5.60 Å². The van der Waals surface area contributed by atoms with Crippen molar-refractivity contribution in [3.63, 3.8) is 0 Å². The predicted octanol–water partition coefficient (Wildman–Crippen LogP) is 6.28. The van der Waals surface area contributed by atoms with Crippen molar-refractivity contribution < 1.29 is 9.53 Å². The lowest BCUT2D eigenvalue weighted by Crippen LogP contribution is -2.41. The van der Waals surface area contributed by atoms with Gasteiger partial charge in [-0.05, 0) is 56.0 Å². The smallest absolute Gasteiger partial charge is 0.410 e. The lowest BCUT2D eigenvalue weighted by atomic mass is 10.0. The molecule has 0 atom stereocenters. The second-order valence-electron chi connectivity index (χ2n) is 7.80. The van der Waals surface area contributed by atoms with Crippen molar-refractivity contribution in [2.24, 2.45) is 0 Å². The number of nitrogens with zero attached hydrogens (tertiary/aromatic N) is 1. The van der Waals surface area contributed by atoms with E-state index in [0.29, 0.717) is 6.54 Å². The molecule has 1 aliphatic carbocycles. The molecule has 0 spiro atoms. The molecule has 1 aliphatic rings. The second-order valence-corrected chi connectivity index (χ2v) is 8.65. The fourth-order valence-corrected chi connectivity index (χ4v) is 4.00. The topological polar surface area (TPSA) is 29.5 Å². The van der Waals surface area contributed by atoms with Crippen molar-refractivity contribution in [3.05, 3.63) is 46.4 Å². The quantitative estimate of drug-likeness (QED) is 0.602. The van der Waals surface area contributed by atoms with Crippen LogP contribution in [0.5, 0.6) is 0 Å². The Bertz CT molecular complexity index is 760. The standard InChI is InChI=1S/C21H26BrNO2/c1-21(2,3)25-20(24)23(16-8-4-5-9-16)14-15-12-13-19(22)18-11-7-6-10-17(15)18/h6-7,10-13,16H,4-5,8-9,14H2,1-3H3. The van der Waals surface area contributed by atoms with Crippen LogP contribution < -0.4 is 0 Å². The summed E-state index contributed by atoms with van der Waals surface area (Å²) in [5.41, 5.74) is 0.687. The van der Waals surface area contributed by atoms with Gasteiger partial charge in [0.15, 0.2) is 0 Å². The van der Waals surface area contributed by atoms with E-state index in [-0.39, 0.29) is 12.1 Å². The Kier molecular flexibility index (Phi) is 5.38. The van der Waals surface area contributed by atoms with Gasteiger partial charge in [-0.25, -0.2) is 4.79 Å². The number of fused-ring (bicyclic) bond motifs is 1. The van der Waals surface area contributed by atoms with Crippen molar-refractivity contribution in [1.29, 1.82) is 0 Å². The molecule has 2 aromatic rings. The average Bonchev–Trinajstić information content (AvgIpc) is 3.07. The molecule has 1 saturated carbocycles. The first-order valence-corrected chi connectivity index (χ1v) is 9.80. The van der Waals surface area contributed by atoms with Gasteiger partial charge >= 0.3 is 6.09 Å². The summed E-state index contributed by atoms with van der Waals surface area (Å²) in [5.74, 6) is 0. The monoisotopic (exact) mass is 403 g/mol. The molecule has 0 radical (unpaired) electrons. The zero-order valence-corrected chi connectivity index (χ0v) is 16.8. The van der Waals surface area contributed by atoms with Crippen LogP contribution in [0.1, 0.15) is 52.0 Å². The highest BCUT2D eigenvalue weighted by Crippen LogP contribution is 2.31. The number of hydrogen-bond acceptors (Lipinski definition) is 2. The lowest BCUT2D eigenvalue weighted by molar-refractivity contribution is 0.0146. The minimum absolute atomic E-state index is 0.202. The van der Waals surface area contributed by atoms with Crippen molar-refractivity contribution >= 4 is 32.8 Å². The van der Waals surface area contributed by atoms with Gasteiger partial charge < -0.3 is 9.64 Å². The molecule has 0 saturated heterocycles. The van der Waals surface area contributed by atoms with E-state index in [1.54, 1.807) is 0 Å². The van der Waals surface area contributed by atoms with Crippen molar-refractivity contribution in [1.82, 2.24) is 4.90 Å². The summed E-state index contributed by atoms with van der Waals surface area (Å²) in [6.45, 7) is 6.36. The first-order valence-electron chi connectivity index (χ1n) is 9.01. The summed E-state index contributed by atoms with van der Waals surface area (Å²) in [4.78, 5) is 14.8. The third-order valence-corrected chi connectivity index (χ3v) is 5.39. The fraction of sp³-hybridized carbons (Fsp3) is 0.476. The van der Waals surface area contributed by atoms with Crippen LogP contribution in [0.25, 0.3) is 10.8 Å². The highest BCUT2D eigenvalue weighted by molar-refractivity contribution is 9.10. The van der Waals surface area contributed by atoms with Gasteiger partial charge in [0.2, 0.25) is 0 Å². The summed E-state index contributed by atoms with van der Waals surface area (Å²) in [6.07, 6.45) is 4.30. The molecular weight excluding hydrogens is 378 g/mol. The summed E-state index contributed by atoms with van der Waals surface area (Å²) in [6, 6.07) is 12.8. The number of hydrogen-bond donors (Lipinski definition) is 0. The Hall–Kier alpha value is -1.55. The molecule has 0 unspecified atom stereocenters. The van der Waals surface area contributed by atoms with E-state index in [1.165, 1.54) is 23.6 Å².